The Bertz CT molecular complexity index is 540. The summed E-state index contributed by atoms with van der Waals surface area (Å²) in [6.45, 7) is 4.62. The Balaban J connectivity index is 2.02. The van der Waals surface area contributed by atoms with E-state index < -0.39 is 0 Å². The zero-order chi connectivity index (χ0) is 15.4. The summed E-state index contributed by atoms with van der Waals surface area (Å²) in [6, 6.07) is 5.68. The van der Waals surface area contributed by atoms with Crippen LogP contribution in [-0.4, -0.2) is 24.4 Å². The molecular weight excluding hydrogens is 266 g/mol. The Hall–Kier alpha value is -1.88. The maximum absolute atomic E-state index is 11.8. The number of rotatable bonds is 5. The van der Waals surface area contributed by atoms with Gasteiger partial charge in [-0.1, -0.05) is 0 Å². The van der Waals surface area contributed by atoms with Gasteiger partial charge < -0.3 is 16.0 Å². The molecule has 1 atom stereocenters. The van der Waals surface area contributed by atoms with Crippen LogP contribution in [0.1, 0.15) is 38.2 Å². The van der Waals surface area contributed by atoms with E-state index in [0.29, 0.717) is 19.3 Å². The number of carbonyl (C=O) groups excluding carboxylic acids is 2. The third-order valence-electron chi connectivity index (χ3n) is 3.67. The van der Waals surface area contributed by atoms with Crippen LogP contribution < -0.4 is 16.0 Å². The van der Waals surface area contributed by atoms with Gasteiger partial charge in [0.2, 0.25) is 11.8 Å². The molecule has 1 heterocycles. The zero-order valence-electron chi connectivity index (χ0n) is 12.7. The number of nitrogens with two attached hydrogens (primary N) is 1. The summed E-state index contributed by atoms with van der Waals surface area (Å²) in [5, 5.41) is 2.87. The molecule has 0 spiro atoms. The van der Waals surface area contributed by atoms with Crippen LogP contribution in [-0.2, 0) is 9.59 Å². The first-order valence-electron chi connectivity index (χ1n) is 7.44. The third kappa shape index (κ3) is 4.04. The smallest absolute Gasteiger partial charge is 0.227 e. The highest BCUT2D eigenvalue weighted by Gasteiger charge is 2.22. The lowest BCUT2D eigenvalue weighted by atomic mass is 10.1. The van der Waals surface area contributed by atoms with Crippen molar-refractivity contribution in [2.75, 3.05) is 16.8 Å². The van der Waals surface area contributed by atoms with E-state index in [0.717, 1.165) is 29.9 Å². The van der Waals surface area contributed by atoms with E-state index in [4.69, 9.17) is 5.73 Å². The Morgan fingerprint density at radius 2 is 2.24 bits per heavy atom. The minimum Gasteiger partial charge on any atom is -0.328 e. The number of carbonyl (C=O) groups is 2. The van der Waals surface area contributed by atoms with Gasteiger partial charge in [0.05, 0.1) is 0 Å². The predicted octanol–water partition coefficient (Wildman–Crippen LogP) is 2.19. The normalized spacial score (nSPS) is 16.1. The van der Waals surface area contributed by atoms with E-state index in [1.165, 1.54) is 0 Å². The van der Waals surface area contributed by atoms with Gasteiger partial charge in [-0.3, -0.25) is 9.59 Å². The van der Waals surface area contributed by atoms with Crippen molar-refractivity contribution in [3.63, 3.8) is 0 Å². The van der Waals surface area contributed by atoms with Crippen LogP contribution in [0.5, 0.6) is 0 Å². The lowest BCUT2D eigenvalue weighted by molar-refractivity contribution is -0.117. The van der Waals surface area contributed by atoms with Gasteiger partial charge in [0, 0.05) is 36.8 Å². The van der Waals surface area contributed by atoms with Crippen LogP contribution in [0.25, 0.3) is 0 Å². The number of aryl methyl sites for hydroxylation is 1. The van der Waals surface area contributed by atoms with Crippen LogP contribution in [0.2, 0.25) is 0 Å². The molecule has 0 bridgehead atoms. The topological polar surface area (TPSA) is 75.4 Å². The second-order valence-electron chi connectivity index (χ2n) is 5.71. The lowest BCUT2D eigenvalue weighted by Gasteiger charge is -2.19. The van der Waals surface area contributed by atoms with Gasteiger partial charge in [-0.2, -0.15) is 0 Å². The molecule has 0 radical (unpaired) electrons. The van der Waals surface area contributed by atoms with Gasteiger partial charge in [-0.25, -0.2) is 0 Å². The highest BCUT2D eigenvalue weighted by Crippen LogP contribution is 2.27. The summed E-state index contributed by atoms with van der Waals surface area (Å²) < 4.78 is 0. The molecule has 21 heavy (non-hydrogen) atoms. The molecule has 1 aromatic carbocycles. The van der Waals surface area contributed by atoms with E-state index in [-0.39, 0.29) is 17.9 Å². The summed E-state index contributed by atoms with van der Waals surface area (Å²) in [4.78, 5) is 25.4. The molecule has 0 aliphatic carbocycles. The van der Waals surface area contributed by atoms with Gasteiger partial charge in [-0.05, 0) is 50.5 Å². The van der Waals surface area contributed by atoms with Crippen molar-refractivity contribution in [2.24, 2.45) is 5.73 Å². The van der Waals surface area contributed by atoms with E-state index in [1.807, 2.05) is 36.9 Å². The molecule has 2 rings (SSSR count). The van der Waals surface area contributed by atoms with E-state index >= 15 is 0 Å². The van der Waals surface area contributed by atoms with Crippen molar-refractivity contribution < 1.29 is 9.59 Å². The Labute approximate surface area is 125 Å². The monoisotopic (exact) mass is 289 g/mol. The second kappa shape index (κ2) is 6.72. The van der Waals surface area contributed by atoms with Gasteiger partial charge in [0.15, 0.2) is 0 Å². The number of anilines is 2. The fourth-order valence-electron chi connectivity index (χ4n) is 2.52. The van der Waals surface area contributed by atoms with Crippen molar-refractivity contribution in [1.82, 2.24) is 0 Å². The molecule has 1 fully saturated rings. The van der Waals surface area contributed by atoms with Crippen LogP contribution in [0.3, 0.4) is 0 Å². The SMILES string of the molecule is Cc1cc(NC(=O)CCC(C)N)ccc1N1CCCC1=O. The molecule has 1 unspecified atom stereocenters. The van der Waals surface area contributed by atoms with Crippen molar-refractivity contribution in [1.29, 1.82) is 0 Å². The number of hydrogen-bond acceptors (Lipinski definition) is 3. The molecule has 5 nitrogen and oxygen atoms in total. The average molecular weight is 289 g/mol. The minimum atomic E-state index is -0.0308. The molecular formula is C16H23N3O2. The molecule has 1 aliphatic heterocycles. The molecule has 1 aliphatic rings. The summed E-state index contributed by atoms with van der Waals surface area (Å²) in [6.07, 6.45) is 2.62. The average Bonchev–Trinajstić information content (AvgIpc) is 2.83. The standard InChI is InChI=1S/C16H23N3O2/c1-11-10-13(18-15(20)8-5-12(2)17)6-7-14(11)19-9-3-4-16(19)21/h6-7,10,12H,3-5,8-9,17H2,1-2H3,(H,18,20). The largest absolute Gasteiger partial charge is 0.328 e. The quantitative estimate of drug-likeness (QED) is 0.872. The molecule has 1 aromatic rings. The van der Waals surface area contributed by atoms with Crippen molar-refractivity contribution in [3.05, 3.63) is 23.8 Å². The van der Waals surface area contributed by atoms with Crippen LogP contribution in [0, 0.1) is 6.92 Å². The Kier molecular flexibility index (Phi) is 4.96. The molecule has 1 saturated heterocycles. The number of nitrogens with zero attached hydrogens (tertiary/aromatic N) is 1. The number of amides is 2. The van der Waals surface area contributed by atoms with Gasteiger partial charge in [0.1, 0.15) is 0 Å². The zero-order valence-corrected chi connectivity index (χ0v) is 12.7. The van der Waals surface area contributed by atoms with Crippen LogP contribution in [0.15, 0.2) is 18.2 Å². The van der Waals surface area contributed by atoms with Gasteiger partial charge >= 0.3 is 0 Å². The van der Waals surface area contributed by atoms with E-state index in [9.17, 15) is 9.59 Å². The third-order valence-corrected chi connectivity index (χ3v) is 3.67. The van der Waals surface area contributed by atoms with Crippen molar-refractivity contribution >= 4 is 23.2 Å². The molecule has 0 saturated carbocycles. The fourth-order valence-corrected chi connectivity index (χ4v) is 2.52. The first kappa shape index (κ1) is 15.5. The second-order valence-corrected chi connectivity index (χ2v) is 5.71. The first-order chi connectivity index (χ1) is 9.97. The van der Waals surface area contributed by atoms with Gasteiger partial charge in [0.25, 0.3) is 0 Å². The van der Waals surface area contributed by atoms with E-state index in [2.05, 4.69) is 5.32 Å². The summed E-state index contributed by atoms with van der Waals surface area (Å²) in [5.74, 6) is 0.142. The number of benzene rings is 1. The Morgan fingerprint density at radius 1 is 1.48 bits per heavy atom. The fraction of sp³-hybridized carbons (Fsp3) is 0.500. The lowest BCUT2D eigenvalue weighted by Crippen LogP contribution is -2.24. The number of nitrogens with one attached hydrogen (secondary N) is 1. The molecule has 5 heteroatoms. The summed E-state index contributed by atoms with van der Waals surface area (Å²) in [5.41, 5.74) is 8.34. The highest BCUT2D eigenvalue weighted by atomic mass is 16.2. The molecule has 114 valence electrons. The highest BCUT2D eigenvalue weighted by molar-refractivity contribution is 5.97. The van der Waals surface area contributed by atoms with Crippen molar-refractivity contribution in [3.8, 4) is 0 Å². The minimum absolute atomic E-state index is 0.0287. The first-order valence-corrected chi connectivity index (χ1v) is 7.44. The molecule has 2 amide bonds. The maximum atomic E-state index is 11.8. The summed E-state index contributed by atoms with van der Waals surface area (Å²) in [7, 11) is 0. The molecule has 3 N–H and O–H groups in total. The maximum Gasteiger partial charge on any atom is 0.227 e. The van der Waals surface area contributed by atoms with E-state index in [1.54, 1.807) is 0 Å². The predicted molar refractivity (Wildman–Crippen MR) is 84.3 cm³/mol. The summed E-state index contributed by atoms with van der Waals surface area (Å²) >= 11 is 0. The van der Waals surface area contributed by atoms with Crippen LogP contribution >= 0.6 is 0 Å². The van der Waals surface area contributed by atoms with Crippen molar-refractivity contribution in [2.45, 2.75) is 45.6 Å². The van der Waals surface area contributed by atoms with Gasteiger partial charge in [-0.15, -0.1) is 0 Å². The number of hydrogen-bond donors (Lipinski definition) is 2. The Morgan fingerprint density at radius 3 is 2.81 bits per heavy atom. The molecule has 0 aromatic heterocycles. The van der Waals surface area contributed by atoms with Crippen LogP contribution in [0.4, 0.5) is 11.4 Å².